The van der Waals surface area contributed by atoms with E-state index in [9.17, 15) is 4.79 Å². The maximum Gasteiger partial charge on any atom is 0.323 e. The van der Waals surface area contributed by atoms with Crippen LogP contribution in [0, 0.1) is 6.92 Å². The van der Waals surface area contributed by atoms with Gasteiger partial charge in [0.15, 0.2) is 0 Å². The van der Waals surface area contributed by atoms with E-state index in [0.29, 0.717) is 5.75 Å². The molecule has 2 atom stereocenters. The number of anilines is 2. The van der Waals surface area contributed by atoms with Crippen LogP contribution in [0.5, 0.6) is 5.75 Å². The van der Waals surface area contributed by atoms with Crippen molar-refractivity contribution in [2.24, 2.45) is 0 Å². The minimum atomic E-state index is -0.456. The van der Waals surface area contributed by atoms with E-state index in [0.717, 1.165) is 38.7 Å². The molecule has 5 heteroatoms. The molecule has 3 aromatic rings. The molecular weight excluding hydrogens is 372 g/mol. The van der Waals surface area contributed by atoms with Gasteiger partial charge in [-0.05, 0) is 35.7 Å². The highest BCUT2D eigenvalue weighted by Gasteiger charge is 2.35. The smallest absolute Gasteiger partial charge is 0.323 e. The lowest BCUT2D eigenvalue weighted by atomic mass is 9.85. The van der Waals surface area contributed by atoms with Crippen LogP contribution in [0.15, 0.2) is 60.7 Å². The summed E-state index contributed by atoms with van der Waals surface area (Å²) >= 11 is 0. The Morgan fingerprint density at radius 3 is 2.07 bits per heavy atom. The Morgan fingerprint density at radius 2 is 1.48 bits per heavy atom. The van der Waals surface area contributed by atoms with Gasteiger partial charge in [-0.3, -0.25) is 4.79 Å². The number of esters is 1. The molecule has 0 aliphatic carbocycles. The van der Waals surface area contributed by atoms with Crippen molar-refractivity contribution in [3.8, 4) is 5.75 Å². The molecule has 3 aromatic carbocycles. The van der Waals surface area contributed by atoms with Crippen LogP contribution in [0.2, 0.25) is 0 Å². The third-order valence-corrected chi connectivity index (χ3v) is 6.27. The molecule has 0 amide bonds. The molecule has 0 bridgehead atoms. The second-order valence-electron chi connectivity index (χ2n) is 6.75. The van der Waals surface area contributed by atoms with Gasteiger partial charge in [-0.25, -0.2) is 0 Å². The molecule has 0 saturated carbocycles. The fourth-order valence-electron chi connectivity index (χ4n) is 3.61. The highest BCUT2D eigenvalue weighted by molar-refractivity contribution is 7.30. The summed E-state index contributed by atoms with van der Waals surface area (Å²) in [6.07, 6.45) is 0. The zero-order valence-corrected chi connectivity index (χ0v) is 17.6. The summed E-state index contributed by atoms with van der Waals surface area (Å²) in [4.78, 5) is 15.5. The number of rotatable bonds is 2. The number of carbonyl (C=O) groups excluding carboxylic acids is 1. The number of hydrogen-bond donors (Lipinski definition) is 0. The monoisotopic (exact) mass is 393 g/mol. The van der Waals surface area contributed by atoms with E-state index in [1.54, 1.807) is 0 Å². The van der Waals surface area contributed by atoms with Crippen LogP contribution in [0.1, 0.15) is 22.6 Å². The molecule has 136 valence electrons. The van der Waals surface area contributed by atoms with Crippen LogP contribution in [-0.4, -0.2) is 13.0 Å². The highest BCUT2D eigenvalue weighted by Crippen LogP contribution is 2.44. The van der Waals surface area contributed by atoms with Gasteiger partial charge in [0.2, 0.25) is 0 Å². The Labute approximate surface area is 164 Å². The summed E-state index contributed by atoms with van der Waals surface area (Å²) in [6, 6.07) is 20.0. The Morgan fingerprint density at radius 1 is 0.926 bits per heavy atom. The first-order chi connectivity index (χ1) is 13.0. The van der Waals surface area contributed by atoms with Gasteiger partial charge in [-0.2, -0.15) is 0 Å². The Bertz CT molecular complexity index is 1000. The molecule has 0 spiro atoms. The van der Waals surface area contributed by atoms with Crippen molar-refractivity contribution >= 4 is 46.4 Å². The van der Waals surface area contributed by atoms with Crippen molar-refractivity contribution in [1.82, 2.24) is 0 Å². The van der Waals surface area contributed by atoms with Gasteiger partial charge in [0.05, 0.1) is 0 Å². The highest BCUT2D eigenvalue weighted by atomic mass is 31.0. The van der Waals surface area contributed by atoms with Crippen LogP contribution in [-0.2, 0) is 4.79 Å². The SMILES string of the molecule is Cc1ccc(P)c(OC(=O)C2c3ccccc3N(C)c3ccccc32)c1P. The van der Waals surface area contributed by atoms with E-state index in [2.05, 4.69) is 23.4 Å². The fraction of sp³-hybridized carbons (Fsp3) is 0.136. The number of nitrogens with zero attached hydrogens (tertiary/aromatic N) is 1. The lowest BCUT2D eigenvalue weighted by molar-refractivity contribution is -0.135. The summed E-state index contributed by atoms with van der Waals surface area (Å²) < 4.78 is 5.95. The molecule has 1 aliphatic heterocycles. The van der Waals surface area contributed by atoms with Crippen LogP contribution < -0.4 is 20.2 Å². The minimum Gasteiger partial charge on any atom is -0.424 e. The third kappa shape index (κ3) is 3.06. The Kier molecular flexibility index (Phi) is 4.76. The lowest BCUT2D eigenvalue weighted by Crippen LogP contribution is -2.30. The third-order valence-electron chi connectivity index (χ3n) is 5.10. The summed E-state index contributed by atoms with van der Waals surface area (Å²) in [7, 11) is 7.37. The largest absolute Gasteiger partial charge is 0.424 e. The topological polar surface area (TPSA) is 29.5 Å². The molecular formula is C22H21NO2P2. The number of para-hydroxylation sites is 2. The van der Waals surface area contributed by atoms with Crippen molar-refractivity contribution in [3.05, 3.63) is 77.4 Å². The van der Waals surface area contributed by atoms with E-state index < -0.39 is 5.92 Å². The number of benzene rings is 3. The van der Waals surface area contributed by atoms with Crippen molar-refractivity contribution in [2.75, 3.05) is 11.9 Å². The Balaban J connectivity index is 1.82. The minimum absolute atomic E-state index is 0.263. The van der Waals surface area contributed by atoms with Gasteiger partial charge in [-0.1, -0.05) is 48.5 Å². The summed E-state index contributed by atoms with van der Waals surface area (Å²) in [6.45, 7) is 2.00. The number of fused-ring (bicyclic) bond motifs is 2. The van der Waals surface area contributed by atoms with Gasteiger partial charge in [0.1, 0.15) is 11.7 Å². The molecule has 0 fully saturated rings. The second-order valence-corrected chi connectivity index (χ2v) is 7.94. The van der Waals surface area contributed by atoms with Gasteiger partial charge in [0, 0.05) is 29.0 Å². The molecule has 1 aliphatic rings. The van der Waals surface area contributed by atoms with Gasteiger partial charge in [0.25, 0.3) is 0 Å². The first kappa shape index (κ1) is 18.2. The summed E-state index contributed by atoms with van der Waals surface area (Å²) in [5.41, 5.74) is 5.05. The number of aryl methyl sites for hydroxylation is 1. The molecule has 2 unspecified atom stereocenters. The normalized spacial score (nSPS) is 13.1. The van der Waals surface area contributed by atoms with Crippen LogP contribution in [0.3, 0.4) is 0 Å². The van der Waals surface area contributed by atoms with Crippen molar-refractivity contribution in [2.45, 2.75) is 12.8 Å². The number of ether oxygens (including phenoxy) is 1. The molecule has 1 heterocycles. The van der Waals surface area contributed by atoms with Gasteiger partial charge >= 0.3 is 5.97 Å². The molecule has 3 nitrogen and oxygen atoms in total. The zero-order valence-electron chi connectivity index (χ0n) is 15.3. The summed E-state index contributed by atoms with van der Waals surface area (Å²) in [5, 5.41) is 1.78. The van der Waals surface area contributed by atoms with Crippen molar-refractivity contribution in [1.29, 1.82) is 0 Å². The first-order valence-corrected chi connectivity index (χ1v) is 9.92. The molecule has 0 N–H and O–H groups in total. The second kappa shape index (κ2) is 7.08. The van der Waals surface area contributed by atoms with Crippen LogP contribution >= 0.6 is 18.5 Å². The number of carbonyl (C=O) groups is 1. The van der Waals surface area contributed by atoms with E-state index in [1.807, 2.05) is 74.6 Å². The maximum atomic E-state index is 13.4. The van der Waals surface area contributed by atoms with E-state index in [4.69, 9.17) is 4.74 Å². The summed E-state index contributed by atoms with van der Waals surface area (Å²) in [5.74, 6) is -0.118. The van der Waals surface area contributed by atoms with Crippen LogP contribution in [0.4, 0.5) is 11.4 Å². The van der Waals surface area contributed by atoms with Crippen LogP contribution in [0.25, 0.3) is 0 Å². The van der Waals surface area contributed by atoms with Gasteiger partial charge in [-0.15, -0.1) is 18.5 Å². The quantitative estimate of drug-likeness (QED) is 0.377. The van der Waals surface area contributed by atoms with Crippen molar-refractivity contribution < 1.29 is 9.53 Å². The van der Waals surface area contributed by atoms with E-state index in [-0.39, 0.29) is 5.97 Å². The predicted molar refractivity (Wildman–Crippen MR) is 118 cm³/mol. The molecule has 0 saturated heterocycles. The average Bonchev–Trinajstić information content (AvgIpc) is 2.68. The van der Waals surface area contributed by atoms with E-state index >= 15 is 0 Å². The molecule has 0 radical (unpaired) electrons. The average molecular weight is 393 g/mol. The maximum absolute atomic E-state index is 13.4. The number of hydrogen-bond acceptors (Lipinski definition) is 3. The Hall–Kier alpha value is -2.21. The molecule has 4 rings (SSSR count). The van der Waals surface area contributed by atoms with Crippen molar-refractivity contribution in [3.63, 3.8) is 0 Å². The zero-order chi connectivity index (χ0) is 19.1. The van der Waals surface area contributed by atoms with E-state index in [1.165, 1.54) is 0 Å². The predicted octanol–water partition coefficient (Wildman–Crippen LogP) is 3.81. The standard InChI is InChI=1S/C22H21NO2P2/c1-13-11-12-18(26)20(21(13)27)25-22(24)19-14-7-3-5-9-16(14)23(2)17-10-6-4-8-15(17)19/h3-12,19H,26-27H2,1-2H3. The molecule has 0 aromatic heterocycles. The lowest BCUT2D eigenvalue weighted by Gasteiger charge is -2.34. The fourth-order valence-corrected chi connectivity index (χ4v) is 4.41. The molecule has 27 heavy (non-hydrogen) atoms. The van der Waals surface area contributed by atoms with Gasteiger partial charge < -0.3 is 9.64 Å². The first-order valence-electron chi connectivity index (χ1n) is 8.77.